The minimum absolute atomic E-state index is 0.521. The van der Waals surface area contributed by atoms with Crippen LogP contribution in [0.25, 0.3) is 0 Å². The molecule has 0 atom stereocenters. The summed E-state index contributed by atoms with van der Waals surface area (Å²) in [6.45, 7) is 0. The SMILES string of the molecule is CN(c1ccc(CCl)cc1Cl)C1CCC1. The summed E-state index contributed by atoms with van der Waals surface area (Å²) < 4.78 is 0. The number of hydrogen-bond donors (Lipinski definition) is 0. The first-order valence-corrected chi connectivity index (χ1v) is 6.21. The zero-order chi connectivity index (χ0) is 10.8. The predicted octanol–water partition coefficient (Wildman–Crippen LogP) is 4.07. The highest BCUT2D eigenvalue weighted by Crippen LogP contribution is 2.33. The Morgan fingerprint density at radius 1 is 1.40 bits per heavy atom. The van der Waals surface area contributed by atoms with Gasteiger partial charge in [0.05, 0.1) is 10.7 Å². The number of nitrogens with zero attached hydrogens (tertiary/aromatic N) is 1. The highest BCUT2D eigenvalue weighted by atomic mass is 35.5. The summed E-state index contributed by atoms with van der Waals surface area (Å²) in [4.78, 5) is 2.28. The van der Waals surface area contributed by atoms with E-state index in [0.717, 1.165) is 16.3 Å². The number of anilines is 1. The fourth-order valence-electron chi connectivity index (χ4n) is 1.89. The standard InChI is InChI=1S/C12H15Cl2N/c1-15(10-3-2-4-10)12-6-5-9(8-13)7-11(12)14/h5-7,10H,2-4,8H2,1H3. The first-order valence-electron chi connectivity index (χ1n) is 5.29. The number of benzene rings is 1. The first-order chi connectivity index (χ1) is 7.22. The van der Waals surface area contributed by atoms with Crippen molar-refractivity contribution in [2.24, 2.45) is 0 Å². The lowest BCUT2D eigenvalue weighted by molar-refractivity contribution is 0.401. The van der Waals surface area contributed by atoms with Gasteiger partial charge in [0.2, 0.25) is 0 Å². The molecular formula is C12H15Cl2N. The quantitative estimate of drug-likeness (QED) is 0.724. The van der Waals surface area contributed by atoms with Crippen LogP contribution in [0.3, 0.4) is 0 Å². The van der Waals surface area contributed by atoms with Crippen molar-refractivity contribution >= 4 is 28.9 Å². The summed E-state index contributed by atoms with van der Waals surface area (Å²) >= 11 is 12.0. The van der Waals surface area contributed by atoms with E-state index >= 15 is 0 Å². The molecule has 0 aromatic heterocycles. The molecule has 0 N–H and O–H groups in total. The van der Waals surface area contributed by atoms with Gasteiger partial charge in [-0.15, -0.1) is 11.6 Å². The van der Waals surface area contributed by atoms with Gasteiger partial charge >= 0.3 is 0 Å². The van der Waals surface area contributed by atoms with Gasteiger partial charge in [-0.2, -0.15) is 0 Å². The van der Waals surface area contributed by atoms with Crippen molar-refractivity contribution < 1.29 is 0 Å². The van der Waals surface area contributed by atoms with Crippen LogP contribution in [0.1, 0.15) is 24.8 Å². The molecule has 0 bridgehead atoms. The molecule has 0 heterocycles. The number of rotatable bonds is 3. The maximum absolute atomic E-state index is 6.23. The molecular weight excluding hydrogens is 229 g/mol. The summed E-state index contributed by atoms with van der Waals surface area (Å²) in [5, 5.41) is 0.808. The second kappa shape index (κ2) is 4.63. The molecule has 82 valence electrons. The molecule has 0 aliphatic heterocycles. The average Bonchev–Trinajstić information content (AvgIpc) is 2.14. The van der Waals surface area contributed by atoms with Crippen molar-refractivity contribution in [3.8, 4) is 0 Å². The molecule has 1 nitrogen and oxygen atoms in total. The normalized spacial score (nSPS) is 16.2. The van der Waals surface area contributed by atoms with Crippen molar-refractivity contribution in [3.05, 3.63) is 28.8 Å². The highest BCUT2D eigenvalue weighted by molar-refractivity contribution is 6.33. The van der Waals surface area contributed by atoms with E-state index in [4.69, 9.17) is 23.2 Å². The zero-order valence-corrected chi connectivity index (χ0v) is 10.4. The molecule has 3 heteroatoms. The van der Waals surface area contributed by atoms with Gasteiger partial charge in [0.25, 0.3) is 0 Å². The van der Waals surface area contributed by atoms with Gasteiger partial charge in [0.1, 0.15) is 0 Å². The highest BCUT2D eigenvalue weighted by Gasteiger charge is 2.23. The van der Waals surface area contributed by atoms with Crippen molar-refractivity contribution in [2.75, 3.05) is 11.9 Å². The molecule has 0 saturated heterocycles. The number of halogens is 2. The van der Waals surface area contributed by atoms with Crippen molar-refractivity contribution in [2.45, 2.75) is 31.2 Å². The van der Waals surface area contributed by atoms with Crippen LogP contribution in [0.15, 0.2) is 18.2 Å². The van der Waals surface area contributed by atoms with Gasteiger partial charge in [-0.1, -0.05) is 17.7 Å². The second-order valence-corrected chi connectivity index (χ2v) is 4.79. The third-order valence-corrected chi connectivity index (χ3v) is 3.78. The lowest BCUT2D eigenvalue weighted by Gasteiger charge is -2.36. The molecule has 15 heavy (non-hydrogen) atoms. The maximum Gasteiger partial charge on any atom is 0.0642 e. The minimum Gasteiger partial charge on any atom is -0.370 e. The second-order valence-electron chi connectivity index (χ2n) is 4.12. The van der Waals surface area contributed by atoms with Gasteiger partial charge in [-0.05, 0) is 37.0 Å². The fourth-order valence-corrected chi connectivity index (χ4v) is 2.39. The van der Waals surface area contributed by atoms with Gasteiger partial charge in [-0.3, -0.25) is 0 Å². The van der Waals surface area contributed by atoms with Gasteiger partial charge < -0.3 is 4.90 Å². The van der Waals surface area contributed by atoms with Crippen LogP contribution in [-0.4, -0.2) is 13.1 Å². The molecule has 1 saturated carbocycles. The Morgan fingerprint density at radius 2 is 2.13 bits per heavy atom. The van der Waals surface area contributed by atoms with Gasteiger partial charge in [-0.25, -0.2) is 0 Å². The van der Waals surface area contributed by atoms with Crippen LogP contribution >= 0.6 is 23.2 Å². The van der Waals surface area contributed by atoms with E-state index in [1.54, 1.807) is 0 Å². The van der Waals surface area contributed by atoms with E-state index in [9.17, 15) is 0 Å². The molecule has 1 aliphatic carbocycles. The molecule has 0 radical (unpaired) electrons. The molecule has 0 unspecified atom stereocenters. The first kappa shape index (κ1) is 11.1. The topological polar surface area (TPSA) is 3.24 Å². The Hall–Kier alpha value is -0.400. The Morgan fingerprint density at radius 3 is 2.60 bits per heavy atom. The van der Waals surface area contributed by atoms with E-state index in [1.165, 1.54) is 19.3 Å². The molecule has 0 amide bonds. The molecule has 1 aromatic rings. The smallest absolute Gasteiger partial charge is 0.0642 e. The van der Waals surface area contributed by atoms with Crippen LogP contribution in [0.4, 0.5) is 5.69 Å². The van der Waals surface area contributed by atoms with E-state index < -0.39 is 0 Å². The lowest BCUT2D eigenvalue weighted by Crippen LogP contribution is -2.37. The van der Waals surface area contributed by atoms with E-state index in [2.05, 4.69) is 18.0 Å². The molecule has 0 spiro atoms. The molecule has 1 aliphatic rings. The lowest BCUT2D eigenvalue weighted by atomic mass is 9.91. The monoisotopic (exact) mass is 243 g/mol. The minimum atomic E-state index is 0.521. The number of hydrogen-bond acceptors (Lipinski definition) is 1. The third-order valence-electron chi connectivity index (χ3n) is 3.17. The molecule has 1 aromatic carbocycles. The number of alkyl halides is 1. The van der Waals surface area contributed by atoms with Crippen LogP contribution in [0, 0.1) is 0 Å². The average molecular weight is 244 g/mol. The van der Waals surface area contributed by atoms with Crippen molar-refractivity contribution in [1.29, 1.82) is 0 Å². The van der Waals surface area contributed by atoms with Crippen LogP contribution in [-0.2, 0) is 5.88 Å². The van der Waals surface area contributed by atoms with Crippen LogP contribution in [0.5, 0.6) is 0 Å². The fraction of sp³-hybridized carbons (Fsp3) is 0.500. The third kappa shape index (κ3) is 2.24. The Kier molecular flexibility index (Phi) is 3.42. The van der Waals surface area contributed by atoms with Crippen molar-refractivity contribution in [3.63, 3.8) is 0 Å². The molecule has 1 fully saturated rings. The van der Waals surface area contributed by atoms with Gasteiger partial charge in [0, 0.05) is 19.0 Å². The Labute approximate surface area is 101 Å². The van der Waals surface area contributed by atoms with Crippen molar-refractivity contribution in [1.82, 2.24) is 0 Å². The largest absolute Gasteiger partial charge is 0.370 e. The van der Waals surface area contributed by atoms with Crippen LogP contribution < -0.4 is 4.90 Å². The van der Waals surface area contributed by atoms with E-state index in [0.29, 0.717) is 11.9 Å². The summed E-state index contributed by atoms with van der Waals surface area (Å²) in [7, 11) is 2.12. The van der Waals surface area contributed by atoms with Gasteiger partial charge in [0.15, 0.2) is 0 Å². The van der Waals surface area contributed by atoms with Crippen LogP contribution in [0.2, 0.25) is 5.02 Å². The summed E-state index contributed by atoms with van der Waals surface area (Å²) in [6.07, 6.45) is 3.90. The summed E-state index contributed by atoms with van der Waals surface area (Å²) in [6, 6.07) is 6.74. The van der Waals surface area contributed by atoms with E-state index in [1.807, 2.05) is 12.1 Å². The zero-order valence-electron chi connectivity index (χ0n) is 8.84. The molecule has 2 rings (SSSR count). The van der Waals surface area contributed by atoms with E-state index in [-0.39, 0.29) is 0 Å². The summed E-state index contributed by atoms with van der Waals surface area (Å²) in [5.74, 6) is 0.521. The maximum atomic E-state index is 6.23. The Balaban J connectivity index is 2.19. The summed E-state index contributed by atoms with van der Waals surface area (Å²) in [5.41, 5.74) is 2.20. The Bertz CT molecular complexity index is 347. The predicted molar refractivity (Wildman–Crippen MR) is 67.1 cm³/mol.